The minimum Gasteiger partial charge on any atom is -0.475 e. The Morgan fingerprint density at radius 2 is 2.12 bits per heavy atom. The molecule has 0 aliphatic rings. The summed E-state index contributed by atoms with van der Waals surface area (Å²) in [5.74, 6) is 0.359. The fraction of sp³-hybridized carbons (Fsp3) is 0.154. The van der Waals surface area contributed by atoms with Gasteiger partial charge in [-0.15, -0.1) is 18.6 Å². The molecule has 88 valence electrons. The zero-order valence-electron chi connectivity index (χ0n) is 9.09. The van der Waals surface area contributed by atoms with Gasteiger partial charge in [0.1, 0.15) is 0 Å². The molecule has 0 spiro atoms. The molecule has 0 aliphatic heterocycles. The third-order valence-electron chi connectivity index (χ3n) is 2.04. The molecule has 0 unspecified atom stereocenters. The SMILES string of the molecule is C=C[CH-]C[C-](C(=O)OC)c1ccccc1.[Pd+2]. The third kappa shape index (κ3) is 4.14. The van der Waals surface area contributed by atoms with E-state index < -0.39 is 0 Å². The Balaban J connectivity index is 0.00000225. The van der Waals surface area contributed by atoms with E-state index in [1.54, 1.807) is 6.08 Å². The average molecular weight is 309 g/mol. The molecule has 1 aromatic carbocycles. The van der Waals surface area contributed by atoms with Crippen LogP contribution in [0.15, 0.2) is 43.0 Å². The Hall–Kier alpha value is -1.17. The van der Waals surface area contributed by atoms with Gasteiger partial charge in [-0.1, -0.05) is 12.0 Å². The number of benzene rings is 1. The summed E-state index contributed by atoms with van der Waals surface area (Å²) in [5.41, 5.74) is 0.891. The monoisotopic (exact) mass is 308 g/mol. The molecule has 2 nitrogen and oxygen atoms in total. The van der Waals surface area contributed by atoms with Crippen molar-refractivity contribution >= 4 is 5.97 Å². The van der Waals surface area contributed by atoms with Gasteiger partial charge in [-0.3, -0.25) is 4.79 Å². The van der Waals surface area contributed by atoms with Crippen molar-refractivity contribution < 1.29 is 30.0 Å². The van der Waals surface area contributed by atoms with Crippen molar-refractivity contribution in [1.82, 2.24) is 0 Å². The van der Waals surface area contributed by atoms with E-state index in [9.17, 15) is 4.79 Å². The minimum atomic E-state index is -0.292. The van der Waals surface area contributed by atoms with E-state index in [0.29, 0.717) is 12.3 Å². The van der Waals surface area contributed by atoms with Gasteiger partial charge in [0, 0.05) is 0 Å². The van der Waals surface area contributed by atoms with Crippen molar-refractivity contribution in [2.24, 2.45) is 0 Å². The molecule has 0 saturated heterocycles. The van der Waals surface area contributed by atoms with E-state index in [-0.39, 0.29) is 26.4 Å². The van der Waals surface area contributed by atoms with Crippen LogP contribution in [0.3, 0.4) is 0 Å². The maximum absolute atomic E-state index is 11.5. The van der Waals surface area contributed by atoms with Crippen molar-refractivity contribution in [3.63, 3.8) is 0 Å². The van der Waals surface area contributed by atoms with Gasteiger partial charge in [-0.25, -0.2) is 19.1 Å². The second-order valence-electron chi connectivity index (χ2n) is 3.01. The summed E-state index contributed by atoms with van der Waals surface area (Å²) in [5, 5.41) is 0. The first kappa shape index (κ1) is 14.8. The number of esters is 1. The molecule has 0 fully saturated rings. The fourth-order valence-corrected chi connectivity index (χ4v) is 1.28. The summed E-state index contributed by atoms with van der Waals surface area (Å²) in [6.45, 7) is 3.59. The molecule has 0 saturated carbocycles. The molecular formula is C13H14O2Pd. The standard InChI is InChI=1S/C13H14O2.Pd/c1-3-4-10-12(13(14)15-2)11-8-6-5-7-9-11;/h3-9H,1,10H2,2H3;/q-2;+2. The smallest absolute Gasteiger partial charge is 0.475 e. The zero-order valence-corrected chi connectivity index (χ0v) is 10.6. The third-order valence-corrected chi connectivity index (χ3v) is 2.04. The number of allylic oxidation sites excluding steroid dienone is 1. The Morgan fingerprint density at radius 1 is 1.50 bits per heavy atom. The quantitative estimate of drug-likeness (QED) is 0.475. The van der Waals surface area contributed by atoms with Crippen molar-refractivity contribution in [3.8, 4) is 0 Å². The van der Waals surface area contributed by atoms with Crippen LogP contribution in [0, 0.1) is 12.3 Å². The van der Waals surface area contributed by atoms with Gasteiger partial charge in [0.2, 0.25) is 0 Å². The number of ether oxygens (including phenoxy) is 1. The first-order chi connectivity index (χ1) is 7.29. The van der Waals surface area contributed by atoms with Gasteiger partial charge in [0.15, 0.2) is 0 Å². The van der Waals surface area contributed by atoms with Gasteiger partial charge >= 0.3 is 20.4 Å². The Morgan fingerprint density at radius 3 is 2.62 bits per heavy atom. The summed E-state index contributed by atoms with van der Waals surface area (Å²) in [6.07, 6.45) is 4.05. The first-order valence-electron chi connectivity index (χ1n) is 4.73. The van der Waals surface area contributed by atoms with E-state index in [4.69, 9.17) is 4.74 Å². The number of carbonyl (C=O) groups is 1. The maximum Gasteiger partial charge on any atom is 2.00 e. The largest absolute Gasteiger partial charge is 2.00 e. The summed E-state index contributed by atoms with van der Waals surface area (Å²) in [6, 6.07) is 9.49. The topological polar surface area (TPSA) is 26.3 Å². The number of rotatable bonds is 5. The Bertz CT molecular complexity index is 322. The van der Waals surface area contributed by atoms with Crippen LogP contribution in [0.5, 0.6) is 0 Å². The molecule has 0 amide bonds. The van der Waals surface area contributed by atoms with Crippen LogP contribution in [0.2, 0.25) is 0 Å². The molecule has 0 heterocycles. The normalized spacial score (nSPS) is 8.56. The fourth-order valence-electron chi connectivity index (χ4n) is 1.28. The molecule has 0 radical (unpaired) electrons. The molecule has 0 aliphatic carbocycles. The summed E-state index contributed by atoms with van der Waals surface area (Å²) in [4.78, 5) is 11.5. The van der Waals surface area contributed by atoms with E-state index in [1.807, 2.05) is 36.8 Å². The second-order valence-corrected chi connectivity index (χ2v) is 3.01. The van der Waals surface area contributed by atoms with Crippen LogP contribution in [0.4, 0.5) is 0 Å². The zero-order chi connectivity index (χ0) is 11.1. The van der Waals surface area contributed by atoms with E-state index in [2.05, 4.69) is 6.58 Å². The minimum absolute atomic E-state index is 0. The predicted molar refractivity (Wildman–Crippen MR) is 59.9 cm³/mol. The van der Waals surface area contributed by atoms with Crippen molar-refractivity contribution in [2.45, 2.75) is 6.42 Å². The molecular weight excluding hydrogens is 295 g/mol. The molecule has 1 rings (SSSR count). The predicted octanol–water partition coefficient (Wildman–Crippen LogP) is 2.56. The molecule has 0 N–H and O–H groups in total. The van der Waals surface area contributed by atoms with Crippen molar-refractivity contribution in [1.29, 1.82) is 0 Å². The molecule has 0 aromatic heterocycles. The van der Waals surface area contributed by atoms with Crippen molar-refractivity contribution in [2.75, 3.05) is 7.11 Å². The molecule has 3 heteroatoms. The van der Waals surface area contributed by atoms with E-state index in [1.165, 1.54) is 7.11 Å². The summed E-state index contributed by atoms with van der Waals surface area (Å²) >= 11 is 0. The molecule has 0 atom stereocenters. The maximum atomic E-state index is 11.5. The number of carbonyl (C=O) groups excluding carboxylic acids is 1. The average Bonchev–Trinajstić information content (AvgIpc) is 2.30. The first-order valence-corrected chi connectivity index (χ1v) is 4.73. The van der Waals surface area contributed by atoms with E-state index >= 15 is 0 Å². The van der Waals surface area contributed by atoms with Gasteiger partial charge in [0.05, 0.1) is 7.11 Å². The Labute approximate surface area is 110 Å². The second kappa shape index (κ2) is 8.04. The molecule has 0 bridgehead atoms. The van der Waals surface area contributed by atoms with Crippen LogP contribution in [0.1, 0.15) is 12.0 Å². The number of hydrogen-bond acceptors (Lipinski definition) is 2. The van der Waals surface area contributed by atoms with Crippen LogP contribution in [-0.2, 0) is 30.0 Å². The van der Waals surface area contributed by atoms with Crippen LogP contribution < -0.4 is 0 Å². The van der Waals surface area contributed by atoms with Gasteiger partial charge in [-0.2, -0.15) is 17.7 Å². The number of hydrogen-bond donors (Lipinski definition) is 0. The Kier molecular flexibility index (Phi) is 7.45. The van der Waals surface area contributed by atoms with Crippen LogP contribution in [0.25, 0.3) is 0 Å². The van der Waals surface area contributed by atoms with E-state index in [0.717, 1.165) is 5.56 Å². The van der Waals surface area contributed by atoms with Crippen molar-refractivity contribution in [3.05, 3.63) is 60.9 Å². The molecule has 1 aromatic rings. The van der Waals surface area contributed by atoms with Gasteiger partial charge in [0.25, 0.3) is 5.97 Å². The summed E-state index contributed by atoms with van der Waals surface area (Å²) in [7, 11) is 1.39. The van der Waals surface area contributed by atoms with Crippen LogP contribution in [-0.4, -0.2) is 13.1 Å². The summed E-state index contributed by atoms with van der Waals surface area (Å²) < 4.78 is 4.73. The molecule has 16 heavy (non-hydrogen) atoms. The van der Waals surface area contributed by atoms with Gasteiger partial charge in [-0.05, 0) is 0 Å². The van der Waals surface area contributed by atoms with Gasteiger partial charge < -0.3 is 4.74 Å². The number of methoxy groups -OCH3 is 1. The van der Waals surface area contributed by atoms with Crippen LogP contribution >= 0.6 is 0 Å².